The number of benzene rings is 1. The van der Waals surface area contributed by atoms with Crippen LogP contribution in [0.25, 0.3) is 11.3 Å². The molecule has 1 heterocycles. The van der Waals surface area contributed by atoms with Gasteiger partial charge in [-0.3, -0.25) is 4.98 Å². The topological polar surface area (TPSA) is 72.3 Å². The quantitative estimate of drug-likeness (QED) is 0.915. The Kier molecular flexibility index (Phi) is 3.46. The molecule has 0 bridgehead atoms. The van der Waals surface area contributed by atoms with Gasteiger partial charge >= 0.3 is 5.97 Å². The lowest BCUT2D eigenvalue weighted by molar-refractivity contribution is 0.0691. The Balaban J connectivity index is 2.71. The molecule has 0 saturated heterocycles. The van der Waals surface area contributed by atoms with Crippen LogP contribution in [0.4, 0.5) is 0 Å². The molecule has 2 aromatic rings. The summed E-state index contributed by atoms with van der Waals surface area (Å²) in [7, 11) is 1.55. The number of aryl methyl sites for hydroxylation is 2. The van der Waals surface area contributed by atoms with E-state index in [-0.39, 0.29) is 5.69 Å². The van der Waals surface area contributed by atoms with Gasteiger partial charge < -0.3 is 9.84 Å². The summed E-state index contributed by atoms with van der Waals surface area (Å²) in [6.07, 6.45) is 2.83. The highest BCUT2D eigenvalue weighted by atomic mass is 16.5. The van der Waals surface area contributed by atoms with E-state index in [0.29, 0.717) is 17.0 Å². The maximum absolute atomic E-state index is 11.2. The molecule has 0 spiro atoms. The Labute approximate surface area is 110 Å². The maximum atomic E-state index is 11.2. The number of ether oxygens (including phenoxy) is 1. The molecule has 1 aromatic carbocycles. The first-order valence-corrected chi connectivity index (χ1v) is 5.74. The maximum Gasteiger partial charge on any atom is 0.356 e. The van der Waals surface area contributed by atoms with Crippen LogP contribution in [0.1, 0.15) is 21.6 Å². The summed E-state index contributed by atoms with van der Waals surface area (Å²) in [4.78, 5) is 19.2. The number of methoxy groups -OCH3 is 1. The normalized spacial score (nSPS) is 10.3. The molecule has 5 nitrogen and oxygen atoms in total. The number of rotatable bonds is 3. The second-order valence-corrected chi connectivity index (χ2v) is 4.20. The molecular formula is C14H14N2O3. The molecule has 0 amide bonds. The summed E-state index contributed by atoms with van der Waals surface area (Å²) in [6, 6.07) is 3.73. The number of nitrogens with zero attached hydrogens (tertiary/aromatic N) is 2. The fourth-order valence-corrected chi connectivity index (χ4v) is 1.84. The molecule has 5 heteroatoms. The van der Waals surface area contributed by atoms with E-state index in [0.717, 1.165) is 11.1 Å². The van der Waals surface area contributed by atoms with Crippen molar-refractivity contribution in [1.82, 2.24) is 9.97 Å². The lowest BCUT2D eigenvalue weighted by Crippen LogP contribution is -2.05. The van der Waals surface area contributed by atoms with Crippen molar-refractivity contribution in [2.45, 2.75) is 13.8 Å². The van der Waals surface area contributed by atoms with Crippen LogP contribution in [0, 0.1) is 13.8 Å². The molecule has 2 rings (SSSR count). The van der Waals surface area contributed by atoms with Gasteiger partial charge in [-0.2, -0.15) is 0 Å². The van der Waals surface area contributed by atoms with Gasteiger partial charge in [0.25, 0.3) is 0 Å². The number of aromatic nitrogens is 2. The van der Waals surface area contributed by atoms with Crippen molar-refractivity contribution >= 4 is 5.97 Å². The van der Waals surface area contributed by atoms with Crippen molar-refractivity contribution in [2.24, 2.45) is 0 Å². The molecule has 98 valence electrons. The molecule has 0 aliphatic heterocycles. The Morgan fingerprint density at radius 1 is 1.16 bits per heavy atom. The summed E-state index contributed by atoms with van der Waals surface area (Å²) in [6.45, 7) is 3.92. The van der Waals surface area contributed by atoms with Crippen LogP contribution in [0.15, 0.2) is 24.5 Å². The van der Waals surface area contributed by atoms with Crippen molar-refractivity contribution < 1.29 is 14.6 Å². The molecule has 0 unspecified atom stereocenters. The first-order chi connectivity index (χ1) is 9.04. The second-order valence-electron chi connectivity index (χ2n) is 4.20. The molecule has 0 saturated carbocycles. The SMILES string of the molecule is COc1cc(C)c(C)cc1-c1nccnc1C(=O)O. The number of hydrogen-bond donors (Lipinski definition) is 1. The van der Waals surface area contributed by atoms with Crippen molar-refractivity contribution in [2.75, 3.05) is 7.11 Å². The zero-order valence-corrected chi connectivity index (χ0v) is 11.0. The van der Waals surface area contributed by atoms with E-state index in [1.54, 1.807) is 7.11 Å². The Morgan fingerprint density at radius 2 is 1.79 bits per heavy atom. The van der Waals surface area contributed by atoms with Crippen LogP contribution in [-0.4, -0.2) is 28.2 Å². The van der Waals surface area contributed by atoms with Crippen molar-refractivity contribution in [3.05, 3.63) is 41.3 Å². The monoisotopic (exact) mass is 258 g/mol. The number of hydrogen-bond acceptors (Lipinski definition) is 4. The van der Waals surface area contributed by atoms with Gasteiger partial charge in [0.1, 0.15) is 11.4 Å². The molecule has 0 radical (unpaired) electrons. The molecule has 1 aromatic heterocycles. The van der Waals surface area contributed by atoms with Gasteiger partial charge in [-0.1, -0.05) is 0 Å². The lowest BCUT2D eigenvalue weighted by Gasteiger charge is -2.12. The molecule has 0 atom stereocenters. The number of carboxylic acids is 1. The van der Waals surface area contributed by atoms with E-state index in [2.05, 4.69) is 9.97 Å². The zero-order valence-electron chi connectivity index (χ0n) is 11.0. The van der Waals surface area contributed by atoms with Crippen LogP contribution in [0.2, 0.25) is 0 Å². The van der Waals surface area contributed by atoms with Crippen molar-refractivity contribution in [3.63, 3.8) is 0 Å². The number of aromatic carboxylic acids is 1. The summed E-state index contributed by atoms with van der Waals surface area (Å²) < 4.78 is 5.31. The van der Waals surface area contributed by atoms with Crippen LogP contribution in [0.5, 0.6) is 5.75 Å². The fraction of sp³-hybridized carbons (Fsp3) is 0.214. The molecule has 1 N–H and O–H groups in total. The van der Waals surface area contributed by atoms with E-state index in [1.165, 1.54) is 12.4 Å². The Morgan fingerprint density at radius 3 is 2.42 bits per heavy atom. The highest BCUT2D eigenvalue weighted by Crippen LogP contribution is 2.32. The highest BCUT2D eigenvalue weighted by molar-refractivity contribution is 5.93. The summed E-state index contributed by atoms with van der Waals surface area (Å²) >= 11 is 0. The average Bonchev–Trinajstić information content (AvgIpc) is 2.41. The van der Waals surface area contributed by atoms with Crippen LogP contribution >= 0.6 is 0 Å². The van der Waals surface area contributed by atoms with Crippen LogP contribution in [-0.2, 0) is 0 Å². The third-order valence-electron chi connectivity index (χ3n) is 2.97. The van der Waals surface area contributed by atoms with Crippen molar-refractivity contribution in [1.29, 1.82) is 0 Å². The smallest absolute Gasteiger partial charge is 0.356 e. The van der Waals surface area contributed by atoms with Gasteiger partial charge in [0.15, 0.2) is 5.69 Å². The fourth-order valence-electron chi connectivity index (χ4n) is 1.84. The average molecular weight is 258 g/mol. The van der Waals surface area contributed by atoms with Crippen LogP contribution in [0.3, 0.4) is 0 Å². The Hall–Kier alpha value is -2.43. The van der Waals surface area contributed by atoms with Crippen LogP contribution < -0.4 is 4.74 Å². The summed E-state index contributed by atoms with van der Waals surface area (Å²) in [5.41, 5.74) is 2.98. The van der Waals surface area contributed by atoms with Gasteiger partial charge in [0.05, 0.1) is 7.11 Å². The lowest BCUT2D eigenvalue weighted by atomic mass is 10.0. The number of carbonyl (C=O) groups is 1. The number of carboxylic acid groups (broad SMARTS) is 1. The minimum atomic E-state index is -1.11. The predicted octanol–water partition coefficient (Wildman–Crippen LogP) is 2.47. The van der Waals surface area contributed by atoms with E-state index in [4.69, 9.17) is 4.74 Å². The van der Waals surface area contributed by atoms with Gasteiger partial charge in [-0.25, -0.2) is 9.78 Å². The third kappa shape index (κ3) is 2.40. The minimum absolute atomic E-state index is 0.0796. The molecule has 0 aliphatic rings. The summed E-state index contributed by atoms with van der Waals surface area (Å²) in [5, 5.41) is 9.17. The summed E-state index contributed by atoms with van der Waals surface area (Å²) in [5.74, 6) is -0.519. The predicted molar refractivity (Wildman–Crippen MR) is 70.5 cm³/mol. The van der Waals surface area contributed by atoms with E-state index in [1.807, 2.05) is 26.0 Å². The van der Waals surface area contributed by atoms with E-state index >= 15 is 0 Å². The molecular weight excluding hydrogens is 244 g/mol. The molecule has 0 fully saturated rings. The third-order valence-corrected chi connectivity index (χ3v) is 2.97. The van der Waals surface area contributed by atoms with E-state index < -0.39 is 5.97 Å². The largest absolute Gasteiger partial charge is 0.496 e. The van der Waals surface area contributed by atoms with Crippen molar-refractivity contribution in [3.8, 4) is 17.0 Å². The first kappa shape index (κ1) is 13.0. The highest BCUT2D eigenvalue weighted by Gasteiger charge is 2.18. The zero-order chi connectivity index (χ0) is 14.0. The van der Waals surface area contributed by atoms with Gasteiger partial charge in [0, 0.05) is 18.0 Å². The molecule has 0 aliphatic carbocycles. The second kappa shape index (κ2) is 5.06. The standard InChI is InChI=1S/C14H14N2O3/c1-8-6-10(11(19-3)7-9(8)2)12-13(14(17)18)16-5-4-15-12/h4-7H,1-3H3,(H,17,18). The molecule has 19 heavy (non-hydrogen) atoms. The minimum Gasteiger partial charge on any atom is -0.496 e. The van der Waals surface area contributed by atoms with Gasteiger partial charge in [-0.05, 0) is 37.1 Å². The van der Waals surface area contributed by atoms with Gasteiger partial charge in [-0.15, -0.1) is 0 Å². The Bertz CT molecular complexity index is 639. The van der Waals surface area contributed by atoms with Gasteiger partial charge in [0.2, 0.25) is 0 Å². The van der Waals surface area contributed by atoms with E-state index in [9.17, 15) is 9.90 Å². The first-order valence-electron chi connectivity index (χ1n) is 5.74.